The van der Waals surface area contributed by atoms with Crippen LogP contribution < -0.4 is 5.32 Å². The minimum Gasteiger partial charge on any atom is -0.344 e. The zero-order valence-electron chi connectivity index (χ0n) is 16.2. The Morgan fingerprint density at radius 3 is 2.71 bits per heavy atom. The fourth-order valence-electron chi connectivity index (χ4n) is 3.36. The number of nitrogens with zero attached hydrogens (tertiary/aromatic N) is 3. The number of aromatic nitrogens is 2. The SMILES string of the molecule is Cc1nn(CCC#N)c(C)c1CCC(=O)N[C@@H](c1ccccc1)c1cccs1. The number of aryl methyl sites for hydroxylation is 2. The van der Waals surface area contributed by atoms with E-state index in [1.165, 1.54) is 0 Å². The van der Waals surface area contributed by atoms with Crippen molar-refractivity contribution in [1.82, 2.24) is 15.1 Å². The van der Waals surface area contributed by atoms with E-state index in [1.807, 2.05) is 60.3 Å². The molecule has 0 saturated carbocycles. The second-order valence-corrected chi connectivity index (χ2v) is 7.69. The van der Waals surface area contributed by atoms with E-state index in [9.17, 15) is 4.79 Å². The number of thiophene rings is 1. The van der Waals surface area contributed by atoms with Crippen LogP contribution in [-0.4, -0.2) is 15.7 Å². The Balaban J connectivity index is 1.68. The molecule has 0 spiro atoms. The lowest BCUT2D eigenvalue weighted by Crippen LogP contribution is -2.29. The van der Waals surface area contributed by atoms with Crippen molar-refractivity contribution < 1.29 is 4.79 Å². The predicted octanol–water partition coefficient (Wildman–Crippen LogP) is 4.31. The van der Waals surface area contributed by atoms with Crippen molar-refractivity contribution in [2.75, 3.05) is 0 Å². The molecule has 6 heteroatoms. The first kappa shape index (κ1) is 19.8. The topological polar surface area (TPSA) is 70.7 Å². The van der Waals surface area contributed by atoms with Crippen molar-refractivity contribution in [3.8, 4) is 6.07 Å². The molecule has 0 radical (unpaired) electrons. The standard InChI is InChI=1S/C22H24N4OS/c1-16-19(17(2)26(25-16)14-7-13-23)11-12-21(27)24-22(20-10-6-15-28-20)18-8-4-3-5-9-18/h3-6,8-10,15,22H,7,11-12,14H2,1-2H3,(H,24,27)/t22-/m0/s1. The molecule has 3 aromatic rings. The molecule has 1 atom stereocenters. The maximum Gasteiger partial charge on any atom is 0.221 e. The third-order valence-corrected chi connectivity index (χ3v) is 5.77. The molecule has 0 fully saturated rings. The van der Waals surface area contributed by atoms with Gasteiger partial charge in [-0.2, -0.15) is 10.4 Å². The van der Waals surface area contributed by atoms with Crippen LogP contribution in [0.25, 0.3) is 0 Å². The molecular weight excluding hydrogens is 368 g/mol. The molecule has 3 rings (SSSR count). The lowest BCUT2D eigenvalue weighted by Gasteiger charge is -2.18. The number of rotatable bonds is 8. The van der Waals surface area contributed by atoms with Gasteiger partial charge in [-0.05, 0) is 42.8 Å². The van der Waals surface area contributed by atoms with Crippen LogP contribution >= 0.6 is 11.3 Å². The summed E-state index contributed by atoms with van der Waals surface area (Å²) in [6.45, 7) is 4.55. The van der Waals surface area contributed by atoms with Crippen molar-refractivity contribution in [1.29, 1.82) is 5.26 Å². The van der Waals surface area contributed by atoms with Crippen molar-refractivity contribution in [2.24, 2.45) is 0 Å². The van der Waals surface area contributed by atoms with Gasteiger partial charge in [0.2, 0.25) is 5.91 Å². The fraction of sp³-hybridized carbons (Fsp3) is 0.318. The third kappa shape index (κ3) is 4.68. The molecule has 0 bridgehead atoms. The van der Waals surface area contributed by atoms with Gasteiger partial charge in [-0.1, -0.05) is 36.4 Å². The van der Waals surface area contributed by atoms with Gasteiger partial charge in [0.25, 0.3) is 0 Å². The van der Waals surface area contributed by atoms with Crippen LogP contribution in [0.5, 0.6) is 0 Å². The second-order valence-electron chi connectivity index (χ2n) is 6.71. The van der Waals surface area contributed by atoms with Crippen molar-refractivity contribution >= 4 is 17.2 Å². The molecule has 0 unspecified atom stereocenters. The summed E-state index contributed by atoms with van der Waals surface area (Å²) in [6, 6.07) is 16.1. The summed E-state index contributed by atoms with van der Waals surface area (Å²) in [7, 11) is 0. The van der Waals surface area contributed by atoms with E-state index in [4.69, 9.17) is 5.26 Å². The number of carbonyl (C=O) groups excluding carboxylic acids is 1. The average molecular weight is 393 g/mol. The van der Waals surface area contributed by atoms with Crippen molar-refractivity contribution in [3.05, 3.63) is 75.2 Å². The van der Waals surface area contributed by atoms with E-state index < -0.39 is 0 Å². The molecule has 28 heavy (non-hydrogen) atoms. The quantitative estimate of drug-likeness (QED) is 0.621. The van der Waals surface area contributed by atoms with Crippen LogP contribution in [-0.2, 0) is 17.8 Å². The summed E-state index contributed by atoms with van der Waals surface area (Å²) in [5.41, 5.74) is 4.15. The van der Waals surface area contributed by atoms with E-state index in [1.54, 1.807) is 11.3 Å². The molecule has 5 nitrogen and oxygen atoms in total. The van der Waals surface area contributed by atoms with Crippen molar-refractivity contribution in [3.63, 3.8) is 0 Å². The largest absolute Gasteiger partial charge is 0.344 e. The molecule has 1 N–H and O–H groups in total. The van der Waals surface area contributed by atoms with Crippen LogP contribution in [0.3, 0.4) is 0 Å². The Morgan fingerprint density at radius 2 is 2.04 bits per heavy atom. The van der Waals surface area contributed by atoms with Crippen LogP contribution in [0.1, 0.15) is 46.3 Å². The summed E-state index contributed by atoms with van der Waals surface area (Å²) >= 11 is 1.64. The molecule has 1 aromatic carbocycles. The number of benzene rings is 1. The Hall–Kier alpha value is -2.91. The maximum atomic E-state index is 12.7. The summed E-state index contributed by atoms with van der Waals surface area (Å²) in [4.78, 5) is 13.8. The van der Waals surface area contributed by atoms with Gasteiger partial charge in [0.1, 0.15) is 0 Å². The van der Waals surface area contributed by atoms with E-state index in [2.05, 4.69) is 22.6 Å². The first-order chi connectivity index (χ1) is 13.6. The molecule has 0 aliphatic rings. The highest BCUT2D eigenvalue weighted by atomic mass is 32.1. The molecule has 2 aromatic heterocycles. The highest BCUT2D eigenvalue weighted by Crippen LogP contribution is 2.26. The molecular formula is C22H24N4OS. The first-order valence-electron chi connectivity index (χ1n) is 9.37. The third-order valence-electron chi connectivity index (χ3n) is 4.83. The van der Waals surface area contributed by atoms with Gasteiger partial charge in [-0.3, -0.25) is 9.48 Å². The summed E-state index contributed by atoms with van der Waals surface area (Å²) in [6.07, 6.45) is 1.48. The first-order valence-corrected chi connectivity index (χ1v) is 10.3. The lowest BCUT2D eigenvalue weighted by molar-refractivity contribution is -0.121. The van der Waals surface area contributed by atoms with E-state index in [-0.39, 0.29) is 11.9 Å². The van der Waals surface area contributed by atoms with Gasteiger partial charge < -0.3 is 5.32 Å². The van der Waals surface area contributed by atoms with E-state index >= 15 is 0 Å². The van der Waals surface area contributed by atoms with Gasteiger partial charge >= 0.3 is 0 Å². The van der Waals surface area contributed by atoms with Gasteiger partial charge in [0.05, 0.1) is 30.8 Å². The maximum absolute atomic E-state index is 12.7. The molecule has 144 valence electrons. The zero-order chi connectivity index (χ0) is 19.9. The van der Waals surface area contributed by atoms with Crippen LogP contribution in [0.4, 0.5) is 0 Å². The predicted molar refractivity (Wildman–Crippen MR) is 111 cm³/mol. The van der Waals surface area contributed by atoms with E-state index in [0.29, 0.717) is 25.8 Å². The number of hydrogen-bond acceptors (Lipinski definition) is 4. The van der Waals surface area contributed by atoms with Crippen LogP contribution in [0.2, 0.25) is 0 Å². The Kier molecular flexibility index (Phi) is 6.62. The number of nitrogens with one attached hydrogen (secondary N) is 1. The molecule has 0 saturated heterocycles. The number of carbonyl (C=O) groups is 1. The summed E-state index contributed by atoms with van der Waals surface area (Å²) in [5.74, 6) is 0.0193. The monoisotopic (exact) mass is 392 g/mol. The van der Waals surface area contributed by atoms with Gasteiger partial charge in [0.15, 0.2) is 0 Å². The van der Waals surface area contributed by atoms with E-state index in [0.717, 1.165) is 27.4 Å². The lowest BCUT2D eigenvalue weighted by atomic mass is 10.0. The normalized spacial score (nSPS) is 11.8. The number of hydrogen-bond donors (Lipinski definition) is 1. The smallest absolute Gasteiger partial charge is 0.221 e. The van der Waals surface area contributed by atoms with Crippen LogP contribution in [0.15, 0.2) is 47.8 Å². The summed E-state index contributed by atoms with van der Waals surface area (Å²) < 4.78 is 1.87. The molecule has 1 amide bonds. The number of nitriles is 1. The Bertz CT molecular complexity index is 955. The molecule has 2 heterocycles. The fourth-order valence-corrected chi connectivity index (χ4v) is 4.16. The molecule has 0 aliphatic heterocycles. The zero-order valence-corrected chi connectivity index (χ0v) is 17.0. The highest BCUT2D eigenvalue weighted by Gasteiger charge is 2.19. The van der Waals surface area contributed by atoms with Crippen LogP contribution in [0, 0.1) is 25.2 Å². The summed E-state index contributed by atoms with van der Waals surface area (Å²) in [5, 5.41) is 18.5. The number of amides is 1. The minimum atomic E-state index is -0.130. The Labute approximate surface area is 169 Å². The van der Waals surface area contributed by atoms with Gasteiger partial charge in [-0.15, -0.1) is 11.3 Å². The average Bonchev–Trinajstić information content (AvgIpc) is 3.32. The molecule has 0 aliphatic carbocycles. The van der Waals surface area contributed by atoms with Crippen molar-refractivity contribution in [2.45, 2.75) is 45.7 Å². The van der Waals surface area contributed by atoms with Gasteiger partial charge in [-0.25, -0.2) is 0 Å². The second kappa shape index (κ2) is 9.34. The minimum absolute atomic E-state index is 0.0193. The Morgan fingerprint density at radius 1 is 1.25 bits per heavy atom. The highest BCUT2D eigenvalue weighted by molar-refractivity contribution is 7.10. The van der Waals surface area contributed by atoms with Gasteiger partial charge in [0, 0.05) is 17.0 Å².